The van der Waals surface area contributed by atoms with Gasteiger partial charge >= 0.3 is 0 Å². The van der Waals surface area contributed by atoms with E-state index in [0.29, 0.717) is 30.1 Å². The quantitative estimate of drug-likeness (QED) is 0.769. The van der Waals surface area contributed by atoms with E-state index >= 15 is 0 Å². The average molecular weight is 274 g/mol. The molecule has 0 bridgehead atoms. The fourth-order valence-electron chi connectivity index (χ4n) is 3.11. The van der Waals surface area contributed by atoms with Crippen molar-refractivity contribution in [2.45, 2.75) is 37.5 Å². The molecule has 1 aromatic rings. The number of methoxy groups -OCH3 is 2. The van der Waals surface area contributed by atoms with Crippen molar-refractivity contribution in [1.82, 2.24) is 0 Å². The summed E-state index contributed by atoms with van der Waals surface area (Å²) < 4.78 is 10.6. The van der Waals surface area contributed by atoms with Crippen molar-refractivity contribution in [3.05, 3.63) is 36.4 Å². The lowest BCUT2D eigenvalue weighted by Crippen LogP contribution is -2.38. The Morgan fingerprint density at radius 1 is 1.25 bits per heavy atom. The van der Waals surface area contributed by atoms with Gasteiger partial charge in [-0.2, -0.15) is 0 Å². The van der Waals surface area contributed by atoms with E-state index in [9.17, 15) is 4.79 Å². The van der Waals surface area contributed by atoms with Crippen LogP contribution in [0.15, 0.2) is 30.9 Å². The molecule has 0 saturated heterocycles. The van der Waals surface area contributed by atoms with Crippen LogP contribution >= 0.6 is 0 Å². The van der Waals surface area contributed by atoms with Crippen LogP contribution in [0, 0.1) is 0 Å². The lowest BCUT2D eigenvalue weighted by atomic mass is 9.66. The van der Waals surface area contributed by atoms with E-state index in [0.717, 1.165) is 24.8 Å². The standard InChI is InChI=1S/C17H22O3/c1-4-10-17(11-6-5-7-16(17)18)13-8-9-14(19-2)15(12-13)20-3/h4,8-9,12H,1,5-7,10-11H2,2-3H3. The molecule has 20 heavy (non-hydrogen) atoms. The molecule has 0 radical (unpaired) electrons. The zero-order valence-electron chi connectivity index (χ0n) is 12.3. The first kappa shape index (κ1) is 14.6. The van der Waals surface area contributed by atoms with Crippen molar-refractivity contribution in [1.29, 1.82) is 0 Å². The topological polar surface area (TPSA) is 35.5 Å². The first-order valence-electron chi connectivity index (χ1n) is 7.04. The van der Waals surface area contributed by atoms with E-state index in [4.69, 9.17) is 9.47 Å². The van der Waals surface area contributed by atoms with Gasteiger partial charge in [0, 0.05) is 6.42 Å². The molecule has 0 aromatic heterocycles. The van der Waals surface area contributed by atoms with E-state index in [1.807, 2.05) is 24.3 Å². The minimum absolute atomic E-state index is 0.316. The van der Waals surface area contributed by atoms with Gasteiger partial charge in [-0.15, -0.1) is 6.58 Å². The molecule has 1 saturated carbocycles. The monoisotopic (exact) mass is 274 g/mol. The Balaban J connectivity index is 2.48. The number of ether oxygens (including phenoxy) is 2. The van der Waals surface area contributed by atoms with Gasteiger partial charge in [0.2, 0.25) is 0 Å². The summed E-state index contributed by atoms with van der Waals surface area (Å²) in [7, 11) is 3.23. The molecule has 3 heteroatoms. The Bertz CT molecular complexity index is 507. The van der Waals surface area contributed by atoms with Gasteiger partial charge in [-0.3, -0.25) is 4.79 Å². The molecule has 108 valence electrons. The van der Waals surface area contributed by atoms with Crippen LogP contribution in [0.5, 0.6) is 11.5 Å². The van der Waals surface area contributed by atoms with Crippen molar-refractivity contribution in [2.75, 3.05) is 14.2 Å². The molecule has 0 aliphatic heterocycles. The number of Topliss-reactive ketones (excluding diaryl/α,β-unsaturated/α-hetero) is 1. The van der Waals surface area contributed by atoms with E-state index in [-0.39, 0.29) is 0 Å². The van der Waals surface area contributed by atoms with Gasteiger partial charge in [0.05, 0.1) is 19.6 Å². The third kappa shape index (κ3) is 2.45. The van der Waals surface area contributed by atoms with Crippen LogP contribution in [0.3, 0.4) is 0 Å². The second-order valence-corrected chi connectivity index (χ2v) is 5.27. The van der Waals surface area contributed by atoms with Gasteiger partial charge in [0.1, 0.15) is 5.78 Å². The van der Waals surface area contributed by atoms with Crippen molar-refractivity contribution < 1.29 is 14.3 Å². The highest BCUT2D eigenvalue weighted by Crippen LogP contribution is 2.42. The largest absolute Gasteiger partial charge is 0.493 e. The van der Waals surface area contributed by atoms with Crippen LogP contribution in [0.2, 0.25) is 0 Å². The molecule has 0 amide bonds. The predicted molar refractivity (Wildman–Crippen MR) is 79.5 cm³/mol. The van der Waals surface area contributed by atoms with Crippen LogP contribution in [0.1, 0.15) is 37.7 Å². The fourth-order valence-corrected chi connectivity index (χ4v) is 3.11. The number of carbonyl (C=O) groups excluding carboxylic acids is 1. The number of hydrogen-bond donors (Lipinski definition) is 0. The summed E-state index contributed by atoms with van der Waals surface area (Å²) in [5, 5.41) is 0. The van der Waals surface area contributed by atoms with E-state index in [2.05, 4.69) is 6.58 Å². The maximum absolute atomic E-state index is 12.5. The molecule has 1 aliphatic carbocycles. The molecule has 1 aliphatic rings. The highest BCUT2D eigenvalue weighted by Gasteiger charge is 2.40. The van der Waals surface area contributed by atoms with Crippen molar-refractivity contribution in [3.63, 3.8) is 0 Å². The molecule has 1 fully saturated rings. The second kappa shape index (κ2) is 6.12. The van der Waals surface area contributed by atoms with E-state index < -0.39 is 5.41 Å². The zero-order valence-corrected chi connectivity index (χ0v) is 12.3. The third-order valence-electron chi connectivity index (χ3n) is 4.22. The molecule has 0 N–H and O–H groups in total. The second-order valence-electron chi connectivity index (χ2n) is 5.27. The lowest BCUT2D eigenvalue weighted by Gasteiger charge is -2.35. The predicted octanol–water partition coefficient (Wildman–Crippen LogP) is 3.66. The molecule has 3 nitrogen and oxygen atoms in total. The number of hydrogen-bond acceptors (Lipinski definition) is 3. The van der Waals surface area contributed by atoms with Gasteiger partial charge in [-0.05, 0) is 37.0 Å². The van der Waals surface area contributed by atoms with Crippen LogP contribution in [0.4, 0.5) is 0 Å². The van der Waals surface area contributed by atoms with Crippen LogP contribution in [-0.2, 0) is 10.2 Å². The Morgan fingerprint density at radius 2 is 2.00 bits per heavy atom. The maximum Gasteiger partial charge on any atom is 0.161 e. The van der Waals surface area contributed by atoms with Crippen LogP contribution in [0.25, 0.3) is 0 Å². The van der Waals surface area contributed by atoms with Crippen LogP contribution in [-0.4, -0.2) is 20.0 Å². The molecule has 1 unspecified atom stereocenters. The van der Waals surface area contributed by atoms with Gasteiger partial charge in [0.15, 0.2) is 11.5 Å². The number of ketones is 1. The summed E-state index contributed by atoms with van der Waals surface area (Å²) in [6.07, 6.45) is 6.13. The minimum Gasteiger partial charge on any atom is -0.493 e. The Morgan fingerprint density at radius 3 is 2.60 bits per heavy atom. The summed E-state index contributed by atoms with van der Waals surface area (Å²) in [6.45, 7) is 3.83. The first-order valence-corrected chi connectivity index (χ1v) is 7.04. The first-order chi connectivity index (χ1) is 9.67. The van der Waals surface area contributed by atoms with Gasteiger partial charge in [0.25, 0.3) is 0 Å². The van der Waals surface area contributed by atoms with Gasteiger partial charge < -0.3 is 9.47 Å². The molecular formula is C17H22O3. The highest BCUT2D eigenvalue weighted by atomic mass is 16.5. The lowest BCUT2D eigenvalue weighted by molar-refractivity contribution is -0.126. The molecule has 2 rings (SSSR count). The highest BCUT2D eigenvalue weighted by molar-refractivity contribution is 5.91. The summed E-state index contributed by atoms with van der Waals surface area (Å²) in [4.78, 5) is 12.5. The summed E-state index contributed by atoms with van der Waals surface area (Å²) in [5.74, 6) is 1.68. The number of allylic oxidation sites excluding steroid dienone is 1. The third-order valence-corrected chi connectivity index (χ3v) is 4.22. The molecule has 1 aromatic carbocycles. The number of rotatable bonds is 5. The zero-order chi connectivity index (χ0) is 14.6. The molecule has 1 atom stereocenters. The molecule has 0 spiro atoms. The maximum atomic E-state index is 12.5. The van der Waals surface area contributed by atoms with E-state index in [1.165, 1.54) is 0 Å². The number of carbonyl (C=O) groups is 1. The van der Waals surface area contributed by atoms with Crippen molar-refractivity contribution in [2.24, 2.45) is 0 Å². The Kier molecular flexibility index (Phi) is 4.48. The fraction of sp³-hybridized carbons (Fsp3) is 0.471. The SMILES string of the molecule is C=CCC1(c2ccc(OC)c(OC)c2)CCCCC1=O. The summed E-state index contributed by atoms with van der Waals surface area (Å²) in [5.41, 5.74) is 0.583. The van der Waals surface area contributed by atoms with Gasteiger partial charge in [-0.25, -0.2) is 0 Å². The van der Waals surface area contributed by atoms with E-state index in [1.54, 1.807) is 14.2 Å². The minimum atomic E-state index is -0.431. The summed E-state index contributed by atoms with van der Waals surface area (Å²) >= 11 is 0. The van der Waals surface area contributed by atoms with Crippen LogP contribution < -0.4 is 9.47 Å². The number of benzene rings is 1. The summed E-state index contributed by atoms with van der Waals surface area (Å²) in [6, 6.07) is 5.79. The average Bonchev–Trinajstić information content (AvgIpc) is 2.49. The smallest absolute Gasteiger partial charge is 0.161 e. The Hall–Kier alpha value is -1.77. The van der Waals surface area contributed by atoms with Crippen molar-refractivity contribution >= 4 is 5.78 Å². The normalized spacial score (nSPS) is 22.4. The molecular weight excluding hydrogens is 252 g/mol. The Labute approximate surface area is 120 Å². The molecule has 0 heterocycles. The van der Waals surface area contributed by atoms with Crippen molar-refractivity contribution in [3.8, 4) is 11.5 Å². The van der Waals surface area contributed by atoms with Gasteiger partial charge in [-0.1, -0.05) is 18.6 Å².